The summed E-state index contributed by atoms with van der Waals surface area (Å²) in [4.78, 5) is 17.7. The van der Waals surface area contributed by atoms with Gasteiger partial charge in [0, 0.05) is 17.6 Å². The first kappa shape index (κ1) is 12.2. The molecule has 1 aliphatic heterocycles. The monoisotopic (exact) mass is 274 g/mol. The van der Waals surface area contributed by atoms with E-state index in [4.69, 9.17) is 5.11 Å². The van der Waals surface area contributed by atoms with Crippen LogP contribution in [0.2, 0.25) is 0 Å². The summed E-state index contributed by atoms with van der Waals surface area (Å²) in [5, 5.41) is 12.2. The molecule has 1 N–H and O–H groups in total. The van der Waals surface area contributed by atoms with E-state index in [-0.39, 0.29) is 0 Å². The van der Waals surface area contributed by atoms with Crippen LogP contribution in [0.5, 0.6) is 0 Å². The van der Waals surface area contributed by atoms with Crippen LogP contribution in [0.15, 0.2) is 23.6 Å². The second-order valence-electron chi connectivity index (χ2n) is 4.68. The van der Waals surface area contributed by atoms with Crippen molar-refractivity contribution in [3.63, 3.8) is 0 Å². The molecule has 19 heavy (non-hydrogen) atoms. The molecule has 0 fully saturated rings. The van der Waals surface area contributed by atoms with Gasteiger partial charge in [0.25, 0.3) is 0 Å². The van der Waals surface area contributed by atoms with Crippen molar-refractivity contribution in [2.75, 3.05) is 11.4 Å². The first-order chi connectivity index (χ1) is 9.13. The Bertz CT molecular complexity index is 636. The number of aromatic nitrogens is 1. The highest BCUT2D eigenvalue weighted by atomic mass is 32.1. The predicted molar refractivity (Wildman–Crippen MR) is 75.0 cm³/mol. The molecule has 0 saturated heterocycles. The summed E-state index contributed by atoms with van der Waals surface area (Å²) in [5.74, 6) is -0.876. The van der Waals surface area contributed by atoms with Gasteiger partial charge in [0.15, 0.2) is 0 Å². The Morgan fingerprint density at radius 1 is 1.53 bits per heavy atom. The second kappa shape index (κ2) is 4.66. The molecule has 98 valence electrons. The van der Waals surface area contributed by atoms with Crippen molar-refractivity contribution < 1.29 is 9.90 Å². The largest absolute Gasteiger partial charge is 0.478 e. The number of carboxylic acids is 1. The summed E-state index contributed by atoms with van der Waals surface area (Å²) < 4.78 is 0. The van der Waals surface area contributed by atoms with Gasteiger partial charge in [-0.05, 0) is 31.0 Å². The van der Waals surface area contributed by atoms with E-state index in [1.807, 2.05) is 13.0 Å². The predicted octanol–water partition coefficient (Wildman–Crippen LogP) is 2.71. The van der Waals surface area contributed by atoms with Crippen molar-refractivity contribution in [1.82, 2.24) is 4.98 Å². The van der Waals surface area contributed by atoms with Gasteiger partial charge in [-0.3, -0.25) is 0 Å². The Balaban J connectivity index is 1.88. The molecule has 5 heteroatoms. The summed E-state index contributed by atoms with van der Waals surface area (Å²) in [6.45, 7) is 3.67. The molecule has 0 atom stereocenters. The number of aryl methyl sites for hydroxylation is 1. The fourth-order valence-corrected chi connectivity index (χ4v) is 3.02. The van der Waals surface area contributed by atoms with Crippen LogP contribution in [-0.4, -0.2) is 22.6 Å². The Labute approximate surface area is 115 Å². The van der Waals surface area contributed by atoms with Crippen LogP contribution in [-0.2, 0) is 13.0 Å². The zero-order valence-corrected chi connectivity index (χ0v) is 11.4. The average molecular weight is 274 g/mol. The minimum absolute atomic E-state index is 0.347. The quantitative estimate of drug-likeness (QED) is 0.935. The maximum atomic E-state index is 11.0. The molecule has 1 aromatic carbocycles. The molecule has 2 heterocycles. The molecule has 0 spiro atoms. The maximum Gasteiger partial charge on any atom is 0.335 e. The number of benzene rings is 1. The summed E-state index contributed by atoms with van der Waals surface area (Å²) in [6, 6.07) is 5.37. The average Bonchev–Trinajstić information content (AvgIpc) is 2.96. The van der Waals surface area contributed by atoms with Gasteiger partial charge < -0.3 is 10.0 Å². The number of fused-ring (bicyclic) bond motifs is 1. The Morgan fingerprint density at radius 2 is 2.37 bits per heavy atom. The smallest absolute Gasteiger partial charge is 0.335 e. The van der Waals surface area contributed by atoms with Crippen molar-refractivity contribution in [2.24, 2.45) is 0 Å². The molecule has 0 radical (unpaired) electrons. The molecule has 1 aliphatic rings. The van der Waals surface area contributed by atoms with Crippen molar-refractivity contribution in [3.8, 4) is 0 Å². The lowest BCUT2D eigenvalue weighted by atomic mass is 10.1. The van der Waals surface area contributed by atoms with Gasteiger partial charge in [-0.1, -0.05) is 6.07 Å². The molecule has 0 saturated carbocycles. The Kier molecular flexibility index (Phi) is 2.98. The first-order valence-corrected chi connectivity index (χ1v) is 7.03. The van der Waals surface area contributed by atoms with E-state index in [0.29, 0.717) is 5.56 Å². The van der Waals surface area contributed by atoms with Crippen LogP contribution in [0, 0.1) is 6.92 Å². The Morgan fingerprint density at radius 3 is 3.05 bits per heavy atom. The Hall–Kier alpha value is -1.88. The van der Waals surface area contributed by atoms with Crippen molar-refractivity contribution in [3.05, 3.63) is 45.4 Å². The van der Waals surface area contributed by atoms with E-state index in [2.05, 4.69) is 15.3 Å². The number of carboxylic acid groups (broad SMARTS) is 1. The fourth-order valence-electron chi connectivity index (χ4n) is 2.42. The van der Waals surface area contributed by atoms with E-state index in [9.17, 15) is 4.79 Å². The number of rotatable bonds is 3. The van der Waals surface area contributed by atoms with Gasteiger partial charge in [-0.2, -0.15) is 0 Å². The van der Waals surface area contributed by atoms with Crippen LogP contribution in [0.1, 0.15) is 26.6 Å². The van der Waals surface area contributed by atoms with Crippen LogP contribution >= 0.6 is 11.3 Å². The molecule has 0 aliphatic carbocycles. The summed E-state index contributed by atoms with van der Waals surface area (Å²) in [7, 11) is 0. The highest BCUT2D eigenvalue weighted by Gasteiger charge is 2.21. The zero-order valence-electron chi connectivity index (χ0n) is 10.6. The van der Waals surface area contributed by atoms with E-state index < -0.39 is 5.97 Å². The summed E-state index contributed by atoms with van der Waals surface area (Å²) in [5.41, 5.74) is 3.65. The minimum Gasteiger partial charge on any atom is -0.478 e. The lowest BCUT2D eigenvalue weighted by Crippen LogP contribution is -2.20. The normalized spacial score (nSPS) is 13.6. The number of hydrogen-bond donors (Lipinski definition) is 1. The number of aromatic carboxylic acids is 1. The van der Waals surface area contributed by atoms with E-state index in [1.165, 1.54) is 5.56 Å². The minimum atomic E-state index is -0.876. The highest BCUT2D eigenvalue weighted by molar-refractivity contribution is 7.09. The number of anilines is 1. The van der Waals surface area contributed by atoms with Crippen LogP contribution in [0.4, 0.5) is 5.69 Å². The van der Waals surface area contributed by atoms with Crippen molar-refractivity contribution >= 4 is 23.0 Å². The SMILES string of the molecule is Cc1nc(CN2CCc3ccc(C(=O)O)cc32)cs1. The van der Waals surface area contributed by atoms with Gasteiger partial charge in [0.05, 0.1) is 22.8 Å². The molecule has 0 unspecified atom stereocenters. The third-order valence-corrected chi connectivity index (χ3v) is 4.17. The van der Waals surface area contributed by atoms with Gasteiger partial charge in [-0.15, -0.1) is 11.3 Å². The fraction of sp³-hybridized carbons (Fsp3) is 0.286. The van der Waals surface area contributed by atoms with Gasteiger partial charge in [-0.25, -0.2) is 9.78 Å². The van der Waals surface area contributed by atoms with Crippen LogP contribution in [0.25, 0.3) is 0 Å². The van der Waals surface area contributed by atoms with E-state index >= 15 is 0 Å². The molecule has 2 aromatic rings. The molecule has 1 aromatic heterocycles. The van der Waals surface area contributed by atoms with Gasteiger partial charge in [0.1, 0.15) is 0 Å². The number of carbonyl (C=O) groups is 1. The zero-order chi connectivity index (χ0) is 13.4. The maximum absolute atomic E-state index is 11.0. The molecule has 0 bridgehead atoms. The third kappa shape index (κ3) is 2.33. The summed E-state index contributed by atoms with van der Waals surface area (Å²) >= 11 is 1.65. The number of nitrogens with zero attached hydrogens (tertiary/aromatic N) is 2. The topological polar surface area (TPSA) is 53.4 Å². The standard InChI is InChI=1S/C14H14N2O2S/c1-9-15-12(8-19-9)7-16-5-4-10-2-3-11(14(17)18)6-13(10)16/h2-3,6,8H,4-5,7H2,1H3,(H,17,18). The van der Waals surface area contributed by atoms with Gasteiger partial charge >= 0.3 is 5.97 Å². The molecular formula is C14H14N2O2S. The molecule has 3 rings (SSSR count). The highest BCUT2D eigenvalue weighted by Crippen LogP contribution is 2.30. The number of hydrogen-bond acceptors (Lipinski definition) is 4. The van der Waals surface area contributed by atoms with Crippen LogP contribution < -0.4 is 4.90 Å². The van der Waals surface area contributed by atoms with Crippen LogP contribution in [0.3, 0.4) is 0 Å². The van der Waals surface area contributed by atoms with E-state index in [0.717, 1.165) is 35.9 Å². The lowest BCUT2D eigenvalue weighted by Gasteiger charge is -2.18. The van der Waals surface area contributed by atoms with Gasteiger partial charge in [0.2, 0.25) is 0 Å². The van der Waals surface area contributed by atoms with Crippen molar-refractivity contribution in [1.29, 1.82) is 0 Å². The molecule has 0 amide bonds. The number of thiazole rings is 1. The van der Waals surface area contributed by atoms with E-state index in [1.54, 1.807) is 23.5 Å². The lowest BCUT2D eigenvalue weighted by molar-refractivity contribution is 0.0697. The summed E-state index contributed by atoms with van der Waals surface area (Å²) in [6.07, 6.45) is 0.971. The molecule has 4 nitrogen and oxygen atoms in total. The first-order valence-electron chi connectivity index (χ1n) is 6.15. The molecular weight excluding hydrogens is 260 g/mol. The second-order valence-corrected chi connectivity index (χ2v) is 5.74. The van der Waals surface area contributed by atoms with Crippen molar-refractivity contribution in [2.45, 2.75) is 19.9 Å². The third-order valence-electron chi connectivity index (χ3n) is 3.34.